The van der Waals surface area contributed by atoms with Gasteiger partial charge in [0.05, 0.1) is 18.8 Å². The van der Waals surface area contributed by atoms with E-state index in [2.05, 4.69) is 47.4 Å². The van der Waals surface area contributed by atoms with Crippen LogP contribution in [0.25, 0.3) is 10.8 Å². The van der Waals surface area contributed by atoms with Gasteiger partial charge in [-0.25, -0.2) is 0 Å². The molecule has 0 saturated carbocycles. The van der Waals surface area contributed by atoms with Gasteiger partial charge in [-0.15, -0.1) is 0 Å². The van der Waals surface area contributed by atoms with Crippen molar-refractivity contribution in [2.75, 3.05) is 19.7 Å². The summed E-state index contributed by atoms with van der Waals surface area (Å²) in [4.78, 5) is 2.55. The van der Waals surface area contributed by atoms with E-state index in [9.17, 15) is 0 Å². The molecule has 0 radical (unpaired) electrons. The molecule has 110 valence electrons. The highest BCUT2D eigenvalue weighted by Gasteiger charge is 2.35. The summed E-state index contributed by atoms with van der Waals surface area (Å²) in [6.45, 7) is 3.00. The Morgan fingerprint density at radius 1 is 1.14 bits per heavy atom. The SMILES string of the molecule is NC(c1cccc2ccccc12)C1CN2CCCC2CO1. The van der Waals surface area contributed by atoms with E-state index in [-0.39, 0.29) is 12.1 Å². The summed E-state index contributed by atoms with van der Waals surface area (Å²) >= 11 is 0. The molecule has 2 heterocycles. The average Bonchev–Trinajstić information content (AvgIpc) is 3.01. The molecule has 3 unspecified atom stereocenters. The van der Waals surface area contributed by atoms with Crippen LogP contribution in [0, 0.1) is 0 Å². The highest BCUT2D eigenvalue weighted by atomic mass is 16.5. The number of benzene rings is 2. The smallest absolute Gasteiger partial charge is 0.0895 e. The van der Waals surface area contributed by atoms with Crippen molar-refractivity contribution in [2.24, 2.45) is 5.73 Å². The summed E-state index contributed by atoms with van der Waals surface area (Å²) in [6.07, 6.45) is 2.67. The number of nitrogens with two attached hydrogens (primary N) is 1. The van der Waals surface area contributed by atoms with Crippen LogP contribution in [0.4, 0.5) is 0 Å². The van der Waals surface area contributed by atoms with E-state index in [1.54, 1.807) is 0 Å². The van der Waals surface area contributed by atoms with Gasteiger partial charge in [0.25, 0.3) is 0 Å². The van der Waals surface area contributed by atoms with Crippen LogP contribution in [0.15, 0.2) is 42.5 Å². The molecular formula is C18H22N2O. The third-order valence-corrected chi connectivity index (χ3v) is 5.00. The normalized spacial score (nSPS) is 27.7. The highest BCUT2D eigenvalue weighted by Crippen LogP contribution is 2.30. The predicted molar refractivity (Wildman–Crippen MR) is 85.2 cm³/mol. The monoisotopic (exact) mass is 282 g/mol. The fraction of sp³-hybridized carbons (Fsp3) is 0.444. The van der Waals surface area contributed by atoms with Gasteiger partial charge < -0.3 is 10.5 Å². The van der Waals surface area contributed by atoms with Gasteiger partial charge in [-0.3, -0.25) is 4.90 Å². The fourth-order valence-electron chi connectivity index (χ4n) is 3.80. The van der Waals surface area contributed by atoms with Crippen LogP contribution < -0.4 is 5.73 Å². The zero-order chi connectivity index (χ0) is 14.2. The molecule has 4 rings (SSSR count). The number of hydrogen-bond donors (Lipinski definition) is 1. The quantitative estimate of drug-likeness (QED) is 0.920. The zero-order valence-corrected chi connectivity index (χ0v) is 12.2. The molecule has 0 bridgehead atoms. The molecule has 3 nitrogen and oxygen atoms in total. The third-order valence-electron chi connectivity index (χ3n) is 5.00. The Morgan fingerprint density at radius 2 is 2.00 bits per heavy atom. The lowest BCUT2D eigenvalue weighted by atomic mass is 9.95. The van der Waals surface area contributed by atoms with Gasteiger partial charge in [0, 0.05) is 12.6 Å². The largest absolute Gasteiger partial charge is 0.373 e. The Bertz CT molecular complexity index is 637. The van der Waals surface area contributed by atoms with Crippen molar-refractivity contribution in [1.29, 1.82) is 0 Å². The maximum atomic E-state index is 6.57. The van der Waals surface area contributed by atoms with E-state index >= 15 is 0 Å². The fourth-order valence-corrected chi connectivity index (χ4v) is 3.80. The van der Waals surface area contributed by atoms with Crippen LogP contribution >= 0.6 is 0 Å². The van der Waals surface area contributed by atoms with Crippen LogP contribution in [-0.2, 0) is 4.74 Å². The first-order chi connectivity index (χ1) is 10.3. The Labute approximate surface area is 125 Å². The summed E-state index contributed by atoms with van der Waals surface area (Å²) in [5.74, 6) is 0. The second kappa shape index (κ2) is 5.41. The Balaban J connectivity index is 1.62. The molecule has 0 aromatic heterocycles. The third kappa shape index (κ3) is 2.35. The molecule has 2 aliphatic rings. The van der Waals surface area contributed by atoms with E-state index in [1.807, 2.05) is 0 Å². The maximum absolute atomic E-state index is 6.57. The number of nitrogens with zero attached hydrogens (tertiary/aromatic N) is 1. The molecule has 2 aliphatic heterocycles. The maximum Gasteiger partial charge on any atom is 0.0895 e. The first kappa shape index (κ1) is 13.3. The van der Waals surface area contributed by atoms with E-state index in [0.717, 1.165) is 13.2 Å². The minimum atomic E-state index is -0.0577. The topological polar surface area (TPSA) is 38.5 Å². The summed E-state index contributed by atoms with van der Waals surface area (Å²) in [5, 5.41) is 2.50. The molecule has 2 N–H and O–H groups in total. The van der Waals surface area contributed by atoms with Crippen molar-refractivity contribution in [1.82, 2.24) is 4.90 Å². The number of hydrogen-bond acceptors (Lipinski definition) is 3. The molecule has 21 heavy (non-hydrogen) atoms. The van der Waals surface area contributed by atoms with Crippen molar-refractivity contribution >= 4 is 10.8 Å². The first-order valence-electron chi connectivity index (χ1n) is 7.92. The molecule has 3 atom stereocenters. The number of ether oxygens (including phenoxy) is 1. The van der Waals surface area contributed by atoms with Gasteiger partial charge in [-0.05, 0) is 35.7 Å². The van der Waals surface area contributed by atoms with Crippen molar-refractivity contribution in [2.45, 2.75) is 31.0 Å². The minimum absolute atomic E-state index is 0.0577. The molecule has 2 saturated heterocycles. The summed E-state index contributed by atoms with van der Waals surface area (Å²) in [7, 11) is 0. The van der Waals surface area contributed by atoms with Crippen molar-refractivity contribution in [3.63, 3.8) is 0 Å². The summed E-state index contributed by atoms with van der Waals surface area (Å²) < 4.78 is 6.09. The number of fused-ring (bicyclic) bond motifs is 2. The van der Waals surface area contributed by atoms with Crippen molar-refractivity contribution in [3.05, 3.63) is 48.0 Å². The minimum Gasteiger partial charge on any atom is -0.373 e. The van der Waals surface area contributed by atoms with Crippen LogP contribution in [0.5, 0.6) is 0 Å². The highest BCUT2D eigenvalue weighted by molar-refractivity contribution is 5.86. The molecule has 0 aliphatic carbocycles. The van der Waals surface area contributed by atoms with Crippen LogP contribution in [0.2, 0.25) is 0 Å². The van der Waals surface area contributed by atoms with Crippen LogP contribution in [-0.4, -0.2) is 36.7 Å². The van der Waals surface area contributed by atoms with E-state index < -0.39 is 0 Å². The second-order valence-corrected chi connectivity index (χ2v) is 6.26. The van der Waals surface area contributed by atoms with Gasteiger partial charge in [0.2, 0.25) is 0 Å². The Kier molecular flexibility index (Phi) is 3.42. The van der Waals surface area contributed by atoms with Gasteiger partial charge in [0.15, 0.2) is 0 Å². The first-order valence-corrected chi connectivity index (χ1v) is 7.92. The lowest BCUT2D eigenvalue weighted by Crippen LogP contribution is -2.49. The number of morpholine rings is 1. The molecule has 2 aromatic rings. The molecule has 2 fully saturated rings. The summed E-state index contributed by atoms with van der Waals surface area (Å²) in [6, 6.07) is 15.4. The van der Waals surface area contributed by atoms with Gasteiger partial charge in [-0.2, -0.15) is 0 Å². The van der Waals surface area contributed by atoms with Crippen LogP contribution in [0.1, 0.15) is 24.4 Å². The predicted octanol–water partition coefficient (Wildman–Crippen LogP) is 2.70. The summed E-state index contributed by atoms with van der Waals surface area (Å²) in [5.41, 5.74) is 7.77. The van der Waals surface area contributed by atoms with Crippen molar-refractivity contribution in [3.8, 4) is 0 Å². The second-order valence-electron chi connectivity index (χ2n) is 6.26. The van der Waals surface area contributed by atoms with E-state index in [1.165, 1.54) is 35.7 Å². The van der Waals surface area contributed by atoms with Gasteiger partial charge >= 0.3 is 0 Å². The van der Waals surface area contributed by atoms with Crippen LogP contribution in [0.3, 0.4) is 0 Å². The Morgan fingerprint density at radius 3 is 2.95 bits per heavy atom. The van der Waals surface area contributed by atoms with Crippen molar-refractivity contribution < 1.29 is 4.74 Å². The van der Waals surface area contributed by atoms with Gasteiger partial charge in [0.1, 0.15) is 0 Å². The average molecular weight is 282 g/mol. The zero-order valence-electron chi connectivity index (χ0n) is 12.2. The van der Waals surface area contributed by atoms with Gasteiger partial charge in [-0.1, -0.05) is 42.5 Å². The lowest BCUT2D eigenvalue weighted by molar-refractivity contribution is -0.0595. The number of rotatable bonds is 2. The molecular weight excluding hydrogens is 260 g/mol. The molecule has 3 heteroatoms. The van der Waals surface area contributed by atoms with E-state index in [4.69, 9.17) is 10.5 Å². The van der Waals surface area contributed by atoms with E-state index in [0.29, 0.717) is 6.04 Å². The molecule has 0 spiro atoms. The molecule has 0 amide bonds. The molecule has 2 aromatic carbocycles. The standard InChI is InChI=1S/C18H22N2O/c19-18(17-11-20-10-4-7-14(20)12-21-17)16-9-3-6-13-5-1-2-8-15(13)16/h1-3,5-6,8-9,14,17-18H,4,7,10-12,19H2. The Hall–Kier alpha value is -1.42. The lowest BCUT2D eigenvalue weighted by Gasteiger charge is -2.38.